The number of nitroso groups, excluding NO2 is 1. The molecule has 0 unspecified atom stereocenters. The van der Waals surface area contributed by atoms with E-state index in [0.29, 0.717) is 0 Å². The lowest BCUT2D eigenvalue weighted by Gasteiger charge is -2.12. The van der Waals surface area contributed by atoms with E-state index in [2.05, 4.69) is 9.91 Å². The maximum Gasteiger partial charge on any atom is 0.338 e. The summed E-state index contributed by atoms with van der Waals surface area (Å²) >= 11 is 5.90. The lowest BCUT2D eigenvalue weighted by Crippen LogP contribution is -2.05. The van der Waals surface area contributed by atoms with Crippen LogP contribution in [0.1, 0.15) is 15.9 Å². The Morgan fingerprint density at radius 2 is 2.14 bits per heavy atom. The molecule has 22 heavy (non-hydrogen) atoms. The molecule has 0 bridgehead atoms. The normalized spacial score (nSPS) is 9.91. The van der Waals surface area contributed by atoms with Crippen LogP contribution >= 0.6 is 11.6 Å². The van der Waals surface area contributed by atoms with Gasteiger partial charge in [0.1, 0.15) is 23.1 Å². The summed E-state index contributed by atoms with van der Waals surface area (Å²) in [5, 5.41) is 11.8. The van der Waals surface area contributed by atoms with E-state index in [1.54, 1.807) is 6.07 Å². The van der Waals surface area contributed by atoms with Crippen molar-refractivity contribution in [1.29, 1.82) is 5.26 Å². The van der Waals surface area contributed by atoms with Gasteiger partial charge < -0.3 is 4.74 Å². The van der Waals surface area contributed by atoms with Crippen LogP contribution in [0.25, 0.3) is 11.1 Å². The van der Waals surface area contributed by atoms with Gasteiger partial charge in [-0.3, -0.25) is 0 Å². The summed E-state index contributed by atoms with van der Waals surface area (Å²) in [6.45, 7) is 0. The number of nitriles is 1. The standard InChI is InChI=1S/C15H8ClFN2O3/c1-22-15(20)10-6-12(16)11(7-18)14(19-21)13(10)8-3-2-4-9(17)5-8/h2-6H,1H3. The summed E-state index contributed by atoms with van der Waals surface area (Å²) in [4.78, 5) is 23.1. The van der Waals surface area contributed by atoms with E-state index in [1.807, 2.05) is 0 Å². The average Bonchev–Trinajstić information content (AvgIpc) is 2.52. The molecule has 0 atom stereocenters. The fraction of sp³-hybridized carbons (Fsp3) is 0.0667. The van der Waals surface area contributed by atoms with Gasteiger partial charge in [0.05, 0.1) is 17.7 Å². The fourth-order valence-corrected chi connectivity index (χ4v) is 2.28. The Bertz CT molecular complexity index is 815. The van der Waals surface area contributed by atoms with Gasteiger partial charge in [-0.2, -0.15) is 5.26 Å². The van der Waals surface area contributed by atoms with Gasteiger partial charge in [-0.15, -0.1) is 4.91 Å². The van der Waals surface area contributed by atoms with Crippen molar-refractivity contribution in [2.24, 2.45) is 5.18 Å². The number of hydrogen-bond donors (Lipinski definition) is 0. The Morgan fingerprint density at radius 1 is 1.41 bits per heavy atom. The van der Waals surface area contributed by atoms with Crippen molar-refractivity contribution in [3.63, 3.8) is 0 Å². The average molecular weight is 319 g/mol. The van der Waals surface area contributed by atoms with Crippen LogP contribution in [0, 0.1) is 22.1 Å². The van der Waals surface area contributed by atoms with Gasteiger partial charge >= 0.3 is 5.97 Å². The highest BCUT2D eigenvalue weighted by atomic mass is 35.5. The van der Waals surface area contributed by atoms with Crippen LogP contribution in [0.5, 0.6) is 0 Å². The van der Waals surface area contributed by atoms with Gasteiger partial charge in [-0.25, -0.2) is 9.18 Å². The Hall–Kier alpha value is -2.78. The number of halogens is 2. The molecular formula is C15H8ClFN2O3. The predicted octanol–water partition coefficient (Wildman–Crippen LogP) is 4.20. The zero-order valence-electron chi connectivity index (χ0n) is 11.3. The third-order valence-corrected chi connectivity index (χ3v) is 3.27. The van der Waals surface area contributed by atoms with Crippen molar-refractivity contribution in [1.82, 2.24) is 0 Å². The Kier molecular flexibility index (Phi) is 4.49. The molecule has 0 fully saturated rings. The molecule has 0 aliphatic rings. The molecule has 110 valence electrons. The molecule has 0 aliphatic carbocycles. The van der Waals surface area contributed by atoms with Gasteiger partial charge in [0, 0.05) is 5.56 Å². The first-order valence-electron chi connectivity index (χ1n) is 5.97. The third-order valence-electron chi connectivity index (χ3n) is 2.97. The van der Waals surface area contributed by atoms with Crippen LogP contribution in [-0.2, 0) is 4.74 Å². The molecule has 0 saturated heterocycles. The second-order valence-electron chi connectivity index (χ2n) is 4.21. The maximum absolute atomic E-state index is 13.4. The Labute approximate surface area is 129 Å². The van der Waals surface area contributed by atoms with Crippen molar-refractivity contribution in [3.05, 3.63) is 57.2 Å². The molecule has 0 heterocycles. The fourth-order valence-electron chi connectivity index (χ4n) is 2.04. The largest absolute Gasteiger partial charge is 0.465 e. The number of ether oxygens (including phenoxy) is 1. The van der Waals surface area contributed by atoms with Crippen LogP contribution < -0.4 is 0 Å². The predicted molar refractivity (Wildman–Crippen MR) is 78.4 cm³/mol. The van der Waals surface area contributed by atoms with E-state index in [4.69, 9.17) is 16.9 Å². The lowest BCUT2D eigenvalue weighted by molar-refractivity contribution is 0.0601. The lowest BCUT2D eigenvalue weighted by atomic mass is 9.95. The van der Waals surface area contributed by atoms with Crippen molar-refractivity contribution >= 4 is 23.3 Å². The monoisotopic (exact) mass is 318 g/mol. The number of carbonyl (C=O) groups is 1. The molecule has 7 heteroatoms. The van der Waals surface area contributed by atoms with E-state index < -0.39 is 11.8 Å². The Morgan fingerprint density at radius 3 is 2.68 bits per heavy atom. The highest BCUT2D eigenvalue weighted by Crippen LogP contribution is 2.40. The Balaban J connectivity index is 2.92. The molecule has 5 nitrogen and oxygen atoms in total. The van der Waals surface area contributed by atoms with Crippen molar-refractivity contribution in [2.45, 2.75) is 0 Å². The van der Waals surface area contributed by atoms with Gasteiger partial charge in [-0.05, 0) is 28.9 Å². The first-order valence-corrected chi connectivity index (χ1v) is 6.35. The van der Waals surface area contributed by atoms with Gasteiger partial charge in [0.15, 0.2) is 0 Å². The van der Waals surface area contributed by atoms with Crippen molar-refractivity contribution in [3.8, 4) is 17.2 Å². The SMILES string of the molecule is COC(=O)c1cc(Cl)c(C#N)c(N=O)c1-c1cccc(F)c1. The first kappa shape index (κ1) is 15.6. The molecule has 0 radical (unpaired) electrons. The highest BCUT2D eigenvalue weighted by molar-refractivity contribution is 6.33. The molecule has 0 saturated carbocycles. The van der Waals surface area contributed by atoms with Crippen LogP contribution in [0.2, 0.25) is 5.02 Å². The number of esters is 1. The quantitative estimate of drug-likeness (QED) is 0.627. The first-order chi connectivity index (χ1) is 10.5. The summed E-state index contributed by atoms with van der Waals surface area (Å²) in [6.07, 6.45) is 0. The number of methoxy groups -OCH3 is 1. The zero-order valence-corrected chi connectivity index (χ0v) is 12.0. The zero-order chi connectivity index (χ0) is 16.3. The van der Waals surface area contributed by atoms with Crippen molar-refractivity contribution in [2.75, 3.05) is 7.11 Å². The maximum atomic E-state index is 13.4. The molecular weight excluding hydrogens is 311 g/mol. The van der Waals surface area contributed by atoms with Crippen LogP contribution in [0.15, 0.2) is 35.5 Å². The number of hydrogen-bond acceptors (Lipinski definition) is 5. The van der Waals surface area contributed by atoms with E-state index in [-0.39, 0.29) is 33.0 Å². The van der Waals surface area contributed by atoms with Gasteiger partial charge in [-0.1, -0.05) is 23.7 Å². The summed E-state index contributed by atoms with van der Waals surface area (Å²) in [5.41, 5.74) is -0.387. The van der Waals surface area contributed by atoms with E-state index in [0.717, 1.165) is 13.2 Å². The minimum absolute atomic E-state index is 0.00213. The van der Waals surface area contributed by atoms with Gasteiger partial charge in [0.2, 0.25) is 0 Å². The summed E-state index contributed by atoms with van der Waals surface area (Å²) < 4.78 is 18.1. The second kappa shape index (κ2) is 6.33. The molecule has 0 spiro atoms. The topological polar surface area (TPSA) is 79.5 Å². The molecule has 0 aliphatic heterocycles. The number of nitrogens with zero attached hydrogens (tertiary/aromatic N) is 2. The molecule has 0 amide bonds. The molecule has 2 aromatic rings. The third kappa shape index (κ3) is 2.67. The number of carbonyl (C=O) groups excluding carboxylic acids is 1. The second-order valence-corrected chi connectivity index (χ2v) is 4.62. The molecule has 2 aromatic carbocycles. The van der Waals surface area contributed by atoms with Crippen LogP contribution in [0.3, 0.4) is 0 Å². The van der Waals surface area contributed by atoms with E-state index in [1.165, 1.54) is 24.3 Å². The number of benzene rings is 2. The summed E-state index contributed by atoms with van der Waals surface area (Å²) in [5.74, 6) is -1.35. The van der Waals surface area contributed by atoms with Crippen molar-refractivity contribution < 1.29 is 13.9 Å². The number of rotatable bonds is 3. The van der Waals surface area contributed by atoms with E-state index in [9.17, 15) is 14.1 Å². The molecule has 0 N–H and O–H groups in total. The molecule has 2 rings (SSSR count). The highest BCUT2D eigenvalue weighted by Gasteiger charge is 2.24. The summed E-state index contributed by atoms with van der Waals surface area (Å²) in [6, 6.07) is 8.15. The van der Waals surface area contributed by atoms with Gasteiger partial charge in [0.25, 0.3) is 0 Å². The minimum atomic E-state index is -0.782. The van der Waals surface area contributed by atoms with E-state index >= 15 is 0 Å². The molecule has 0 aromatic heterocycles. The summed E-state index contributed by atoms with van der Waals surface area (Å²) in [7, 11) is 1.15. The van der Waals surface area contributed by atoms with Crippen LogP contribution in [0.4, 0.5) is 10.1 Å². The smallest absolute Gasteiger partial charge is 0.338 e. The van der Waals surface area contributed by atoms with Crippen LogP contribution in [-0.4, -0.2) is 13.1 Å². The minimum Gasteiger partial charge on any atom is -0.465 e.